The molecule has 0 saturated carbocycles. The Bertz CT molecular complexity index is 578. The number of fused-ring (bicyclic) bond motifs is 1. The largest absolute Gasteiger partial charge is 0.490 e. The summed E-state index contributed by atoms with van der Waals surface area (Å²) in [7, 11) is 0. The molecule has 0 atom stereocenters. The van der Waals surface area contributed by atoms with Gasteiger partial charge in [0.15, 0.2) is 11.5 Å². The highest BCUT2D eigenvalue weighted by Crippen LogP contribution is 2.36. The average molecular weight is 245 g/mol. The molecule has 1 aliphatic heterocycles. The van der Waals surface area contributed by atoms with Crippen molar-refractivity contribution in [2.45, 2.75) is 13.3 Å². The maximum atomic E-state index is 5.68. The molecule has 5 heteroatoms. The summed E-state index contributed by atoms with van der Waals surface area (Å²) in [6.45, 7) is 3.41. The molecule has 0 aliphatic carbocycles. The fourth-order valence-corrected chi connectivity index (χ4v) is 2.08. The third kappa shape index (κ3) is 1.88. The number of hydrogen-bond donors (Lipinski definition) is 2. The lowest BCUT2D eigenvalue weighted by Gasteiger charge is -2.11. The summed E-state index contributed by atoms with van der Waals surface area (Å²) in [5, 5.41) is 6.86. The summed E-state index contributed by atoms with van der Waals surface area (Å²) in [6, 6.07) is 5.78. The first kappa shape index (κ1) is 11.0. The number of ether oxygens (including phenoxy) is 2. The van der Waals surface area contributed by atoms with Gasteiger partial charge in [-0.15, -0.1) is 0 Å². The number of nitrogens with zero attached hydrogens (tertiary/aromatic N) is 1. The van der Waals surface area contributed by atoms with Gasteiger partial charge in [-0.1, -0.05) is 0 Å². The molecule has 0 fully saturated rings. The van der Waals surface area contributed by atoms with Crippen LogP contribution in [-0.4, -0.2) is 23.4 Å². The van der Waals surface area contributed by atoms with Gasteiger partial charge in [-0.2, -0.15) is 5.10 Å². The van der Waals surface area contributed by atoms with Gasteiger partial charge in [-0.25, -0.2) is 0 Å². The fourth-order valence-electron chi connectivity index (χ4n) is 2.08. The van der Waals surface area contributed by atoms with Crippen LogP contribution in [0, 0.1) is 6.92 Å². The van der Waals surface area contributed by atoms with Crippen LogP contribution in [0.5, 0.6) is 11.5 Å². The number of H-pyrrole nitrogens is 1. The van der Waals surface area contributed by atoms with E-state index >= 15 is 0 Å². The molecule has 3 rings (SSSR count). The highest BCUT2D eigenvalue weighted by Gasteiger charge is 2.15. The standard InChI is InChI=1S/C13H15N3O2/c1-8-5-11-12(18-4-2-3-17-11)6-9(8)10-7-13(14)16-15-10/h5-7H,2-4H2,1H3,(H3,14,15,16). The maximum Gasteiger partial charge on any atom is 0.161 e. The van der Waals surface area contributed by atoms with Gasteiger partial charge < -0.3 is 15.2 Å². The van der Waals surface area contributed by atoms with Gasteiger partial charge in [0.05, 0.1) is 18.9 Å². The molecule has 0 saturated heterocycles. The lowest BCUT2D eigenvalue weighted by atomic mass is 10.0. The van der Waals surface area contributed by atoms with E-state index in [4.69, 9.17) is 15.2 Å². The van der Waals surface area contributed by atoms with E-state index in [1.807, 2.05) is 25.1 Å². The van der Waals surface area contributed by atoms with E-state index < -0.39 is 0 Å². The molecule has 1 aliphatic rings. The van der Waals surface area contributed by atoms with Crippen molar-refractivity contribution in [3.8, 4) is 22.8 Å². The number of nitrogen functional groups attached to an aromatic ring is 1. The molecule has 1 aromatic heterocycles. The van der Waals surface area contributed by atoms with E-state index in [-0.39, 0.29) is 0 Å². The molecule has 2 aromatic rings. The van der Waals surface area contributed by atoms with E-state index in [1.165, 1.54) is 0 Å². The van der Waals surface area contributed by atoms with Crippen molar-refractivity contribution in [2.24, 2.45) is 0 Å². The van der Waals surface area contributed by atoms with Gasteiger partial charge >= 0.3 is 0 Å². The number of nitrogens with two attached hydrogens (primary N) is 1. The summed E-state index contributed by atoms with van der Waals surface area (Å²) in [5.41, 5.74) is 8.65. The van der Waals surface area contributed by atoms with Gasteiger partial charge in [0.2, 0.25) is 0 Å². The van der Waals surface area contributed by atoms with E-state index in [2.05, 4.69) is 10.2 Å². The van der Waals surface area contributed by atoms with Crippen molar-refractivity contribution >= 4 is 5.82 Å². The quantitative estimate of drug-likeness (QED) is 0.807. The first-order valence-corrected chi connectivity index (χ1v) is 5.95. The highest BCUT2D eigenvalue weighted by molar-refractivity contribution is 5.69. The first-order chi connectivity index (χ1) is 8.74. The molecule has 0 amide bonds. The molecule has 0 unspecified atom stereocenters. The number of aromatic amines is 1. The van der Waals surface area contributed by atoms with Gasteiger partial charge in [-0.05, 0) is 24.6 Å². The summed E-state index contributed by atoms with van der Waals surface area (Å²) in [6.07, 6.45) is 0.903. The number of hydrogen-bond acceptors (Lipinski definition) is 4. The second-order valence-corrected chi connectivity index (χ2v) is 4.37. The lowest BCUT2D eigenvalue weighted by Crippen LogP contribution is -1.97. The summed E-state index contributed by atoms with van der Waals surface area (Å²) in [4.78, 5) is 0. The summed E-state index contributed by atoms with van der Waals surface area (Å²) in [5.74, 6) is 2.07. The zero-order valence-electron chi connectivity index (χ0n) is 10.2. The second-order valence-electron chi connectivity index (χ2n) is 4.37. The molecule has 2 heterocycles. The zero-order valence-corrected chi connectivity index (χ0v) is 10.2. The highest BCUT2D eigenvalue weighted by atomic mass is 16.5. The van der Waals surface area contributed by atoms with Gasteiger partial charge in [0.25, 0.3) is 0 Å². The molecule has 0 radical (unpaired) electrons. The predicted octanol–water partition coefficient (Wildman–Crippen LogP) is 2.13. The lowest BCUT2D eigenvalue weighted by molar-refractivity contribution is 0.297. The molecular weight excluding hydrogens is 230 g/mol. The Morgan fingerprint density at radius 3 is 2.56 bits per heavy atom. The molecule has 0 spiro atoms. The Morgan fingerprint density at radius 1 is 1.17 bits per heavy atom. The van der Waals surface area contributed by atoms with Crippen molar-refractivity contribution in [3.05, 3.63) is 23.8 Å². The Labute approximate surface area is 105 Å². The van der Waals surface area contributed by atoms with E-state index in [9.17, 15) is 0 Å². The summed E-state index contributed by atoms with van der Waals surface area (Å²) >= 11 is 0. The van der Waals surface area contributed by atoms with Gasteiger partial charge in [0.1, 0.15) is 5.82 Å². The van der Waals surface area contributed by atoms with Crippen molar-refractivity contribution in [3.63, 3.8) is 0 Å². The van der Waals surface area contributed by atoms with Gasteiger partial charge in [0, 0.05) is 18.1 Å². The van der Waals surface area contributed by atoms with E-state index in [0.717, 1.165) is 34.7 Å². The minimum Gasteiger partial charge on any atom is -0.490 e. The Kier molecular flexibility index (Phi) is 2.59. The molecule has 3 N–H and O–H groups in total. The van der Waals surface area contributed by atoms with Crippen LogP contribution in [0.3, 0.4) is 0 Å². The molecule has 0 bridgehead atoms. The molecule has 1 aromatic carbocycles. The average Bonchev–Trinajstić information content (AvgIpc) is 2.65. The van der Waals surface area contributed by atoms with Crippen LogP contribution in [0.4, 0.5) is 5.82 Å². The second kappa shape index (κ2) is 4.25. The molecule has 5 nitrogen and oxygen atoms in total. The number of rotatable bonds is 1. The Hall–Kier alpha value is -2.17. The number of anilines is 1. The minimum absolute atomic E-state index is 0.483. The Balaban J connectivity index is 2.08. The molecule has 18 heavy (non-hydrogen) atoms. The van der Waals surface area contributed by atoms with E-state index in [1.54, 1.807) is 0 Å². The monoisotopic (exact) mass is 245 g/mol. The van der Waals surface area contributed by atoms with Crippen LogP contribution in [0.15, 0.2) is 18.2 Å². The number of aromatic nitrogens is 2. The van der Waals surface area contributed by atoms with Crippen LogP contribution in [0.25, 0.3) is 11.3 Å². The summed E-state index contributed by atoms with van der Waals surface area (Å²) < 4.78 is 11.3. The van der Waals surface area contributed by atoms with Crippen LogP contribution >= 0.6 is 0 Å². The molecular formula is C13H15N3O2. The number of nitrogens with one attached hydrogen (secondary N) is 1. The minimum atomic E-state index is 0.483. The fraction of sp³-hybridized carbons (Fsp3) is 0.308. The molecule has 94 valence electrons. The van der Waals surface area contributed by atoms with Crippen LogP contribution in [0.2, 0.25) is 0 Å². The number of aryl methyl sites for hydroxylation is 1. The number of benzene rings is 1. The maximum absolute atomic E-state index is 5.68. The third-order valence-electron chi connectivity index (χ3n) is 2.98. The van der Waals surface area contributed by atoms with Crippen LogP contribution in [0.1, 0.15) is 12.0 Å². The smallest absolute Gasteiger partial charge is 0.161 e. The first-order valence-electron chi connectivity index (χ1n) is 5.95. The van der Waals surface area contributed by atoms with Crippen LogP contribution in [-0.2, 0) is 0 Å². The van der Waals surface area contributed by atoms with Crippen molar-refractivity contribution in [2.75, 3.05) is 18.9 Å². The topological polar surface area (TPSA) is 73.2 Å². The van der Waals surface area contributed by atoms with Crippen molar-refractivity contribution in [1.29, 1.82) is 0 Å². The SMILES string of the molecule is Cc1cc2c(cc1-c1cc(N)n[nH]1)OCCCO2. The van der Waals surface area contributed by atoms with Gasteiger partial charge in [-0.3, -0.25) is 5.10 Å². The van der Waals surface area contributed by atoms with E-state index in [0.29, 0.717) is 19.0 Å². The Morgan fingerprint density at radius 2 is 1.89 bits per heavy atom. The normalized spacial score (nSPS) is 14.3. The van der Waals surface area contributed by atoms with Crippen molar-refractivity contribution < 1.29 is 9.47 Å². The zero-order chi connectivity index (χ0) is 12.5. The predicted molar refractivity (Wildman–Crippen MR) is 68.8 cm³/mol. The van der Waals surface area contributed by atoms with Crippen molar-refractivity contribution in [1.82, 2.24) is 10.2 Å². The van der Waals surface area contributed by atoms with Crippen LogP contribution < -0.4 is 15.2 Å². The third-order valence-corrected chi connectivity index (χ3v) is 2.98.